The average Bonchev–Trinajstić information content (AvgIpc) is 0.857. The Morgan fingerprint density at radius 1 is 0.238 bits per heavy atom. The van der Waals surface area contributed by atoms with Gasteiger partial charge in [-0.15, -0.1) is 0 Å². The van der Waals surface area contributed by atoms with Crippen LogP contribution in [-0.4, -0.2) is 15.8 Å². The van der Waals surface area contributed by atoms with Gasteiger partial charge < -0.3 is 23.4 Å². The van der Waals surface area contributed by atoms with Crippen molar-refractivity contribution in [3.05, 3.63) is 487 Å². The summed E-state index contributed by atoms with van der Waals surface area (Å²) in [4.78, 5) is 4.56. The van der Waals surface area contributed by atoms with Crippen LogP contribution in [0.5, 0.6) is 0 Å². The van der Waals surface area contributed by atoms with E-state index in [9.17, 15) is 21.9 Å². The van der Waals surface area contributed by atoms with Crippen molar-refractivity contribution in [1.29, 1.82) is 0 Å². The maximum Gasteiger partial charge on any atom is 0.252 e. The molecule has 4 aliphatic rings. The summed E-state index contributed by atoms with van der Waals surface area (Å²) in [5.74, 6) is 0. The SMILES string of the molecule is [2H]c1c([2H])c([2H])c2c(c1[2H])c1c([2H])c([2H])c([2H])c([2H])c1n2-c1ccc2c(c1)N(c1ccccc1-c1ccc3c(c1)-c1ccccc1C3(c1ccccc1)c1ccccc1)c1cc(-c3ccc4oc5ccccc5c4c3)cc3c1B2c1ccc(-n2c4c([2H])c([2H])c([2H])c([2H])c4c4c([2H])c([2H])c([2H])c([2H])c42)cc1N3c1ccccc1-c1ccc2c(c1)-c1ccccc1C2(c1ccccc1)c1ccccc1. The molecule has 0 N–H and O–H groups in total. The van der Waals surface area contributed by atoms with Gasteiger partial charge in [-0.25, -0.2) is 0 Å². The summed E-state index contributed by atoms with van der Waals surface area (Å²) in [6.07, 6.45) is 0. The molecule has 26 rings (SSSR count). The number of furan rings is 1. The molecule has 6 heteroatoms. The predicted molar refractivity (Wildman–Crippen MR) is 507 cm³/mol. The fourth-order valence-corrected chi connectivity index (χ4v) is 21.3. The molecule has 0 radical (unpaired) electrons. The lowest BCUT2D eigenvalue weighted by Crippen LogP contribution is -2.61. The van der Waals surface area contributed by atoms with Crippen molar-refractivity contribution in [1.82, 2.24) is 9.13 Å². The van der Waals surface area contributed by atoms with Crippen LogP contribution in [0.4, 0.5) is 34.1 Å². The summed E-state index contributed by atoms with van der Waals surface area (Å²) in [5, 5.41) is 1.40. The number of nitrogens with zero attached hydrogens (tertiary/aromatic N) is 4. The van der Waals surface area contributed by atoms with Crippen LogP contribution in [0.1, 0.15) is 66.4 Å². The molecule has 0 spiro atoms. The lowest BCUT2D eigenvalue weighted by atomic mass is 9.33. The number of hydrogen-bond donors (Lipinski definition) is 0. The van der Waals surface area contributed by atoms with E-state index in [-0.39, 0.29) is 43.6 Å². The first kappa shape index (κ1) is 54.3. The van der Waals surface area contributed by atoms with Gasteiger partial charge >= 0.3 is 0 Å². The highest BCUT2D eigenvalue weighted by molar-refractivity contribution is 7.00. The summed E-state index contributed by atoms with van der Waals surface area (Å²) >= 11 is 0. The average molecular weight is 1570 g/mol. The molecule has 122 heavy (non-hydrogen) atoms. The highest BCUT2D eigenvalue weighted by Gasteiger charge is 2.50. The molecule has 0 fully saturated rings. The van der Waals surface area contributed by atoms with Gasteiger partial charge in [0.1, 0.15) is 11.2 Å². The number of fused-ring (bicyclic) bond motifs is 19. The molecule has 0 saturated carbocycles. The third-order valence-electron chi connectivity index (χ3n) is 26.2. The van der Waals surface area contributed by atoms with Crippen LogP contribution in [0, 0.1) is 0 Å². The number of rotatable bonds is 11. The van der Waals surface area contributed by atoms with Gasteiger partial charge in [0, 0.05) is 77.6 Å². The molecule has 5 nitrogen and oxygen atoms in total. The first-order valence-electron chi connectivity index (χ1n) is 49.1. The molecule has 0 saturated heterocycles. The fourth-order valence-electron chi connectivity index (χ4n) is 21.3. The van der Waals surface area contributed by atoms with Crippen molar-refractivity contribution < 1.29 is 26.3 Å². The number of aromatic nitrogens is 2. The summed E-state index contributed by atoms with van der Waals surface area (Å²) in [5.41, 5.74) is 24.2. The van der Waals surface area contributed by atoms with Crippen molar-refractivity contribution in [2.75, 3.05) is 9.80 Å². The van der Waals surface area contributed by atoms with Crippen molar-refractivity contribution in [2.24, 2.45) is 0 Å². The highest BCUT2D eigenvalue weighted by Crippen LogP contribution is 2.61. The quantitative estimate of drug-likeness (QED) is 0.121. The zero-order valence-corrected chi connectivity index (χ0v) is 65.2. The molecule has 0 unspecified atom stereocenters. The molecule has 0 atom stereocenters. The molecule has 0 bridgehead atoms. The second kappa shape index (κ2) is 26.4. The van der Waals surface area contributed by atoms with E-state index in [1.54, 1.807) is 9.13 Å². The topological polar surface area (TPSA) is 29.5 Å². The number of para-hydroxylation sites is 7. The van der Waals surface area contributed by atoms with Crippen LogP contribution in [0.25, 0.3) is 133 Å². The van der Waals surface area contributed by atoms with Crippen LogP contribution in [0.3, 0.4) is 0 Å². The summed E-state index contributed by atoms with van der Waals surface area (Å²) < 4.78 is 163. The van der Waals surface area contributed by atoms with Gasteiger partial charge in [0.15, 0.2) is 0 Å². The van der Waals surface area contributed by atoms with E-state index in [2.05, 4.69) is 246 Å². The lowest BCUT2D eigenvalue weighted by molar-refractivity contribution is 0.669. The van der Waals surface area contributed by atoms with Crippen molar-refractivity contribution in [2.45, 2.75) is 10.8 Å². The van der Waals surface area contributed by atoms with Crippen molar-refractivity contribution in [3.8, 4) is 67.0 Å². The van der Waals surface area contributed by atoms with Gasteiger partial charge in [0.25, 0.3) is 6.71 Å². The number of anilines is 6. The monoisotopic (exact) mass is 1560 g/mol. The zero-order valence-electron chi connectivity index (χ0n) is 81.2. The Bertz CT molecular complexity index is 8460. The third kappa shape index (κ3) is 9.60. The molecule has 2 aliphatic heterocycles. The fraction of sp³-hybridized carbons (Fsp3) is 0.0172. The van der Waals surface area contributed by atoms with E-state index in [0.29, 0.717) is 67.6 Å². The number of hydrogen-bond acceptors (Lipinski definition) is 3. The van der Waals surface area contributed by atoms with E-state index < -0.39 is 114 Å². The predicted octanol–water partition coefficient (Wildman–Crippen LogP) is 27.6. The van der Waals surface area contributed by atoms with Gasteiger partial charge in [0.2, 0.25) is 0 Å². The molecule has 22 aromatic rings. The van der Waals surface area contributed by atoms with E-state index in [0.717, 1.165) is 116 Å². The first-order chi connectivity index (χ1) is 67.2. The molecule has 566 valence electrons. The Hall–Kier alpha value is -15.8. The lowest BCUT2D eigenvalue weighted by Gasteiger charge is -2.45. The van der Waals surface area contributed by atoms with Gasteiger partial charge in [-0.2, -0.15) is 0 Å². The molecule has 2 aliphatic carbocycles. The molecule has 3 aromatic heterocycles. The standard InChI is InChI=1S/C116H73BN4O/c1-5-31-78(32-6-1)115(79-33-7-2-8-34-79)96-48-22-13-41-86(96)93-68-75(57-62-98(93)115)84-39-15-24-50-102(84)120-108-72-82(118-104-52-26-17-43-88(104)89-44-18-27-53-105(89)118)60-64-100(108)117-101-65-61-83(119-106-54-28-19-45-90(106)91-46-20-29-55-107(91)119)73-109(101)121(111-71-77(70-110(120)114(111)117)74-59-66-113-95(67-74)92-47-21-30-56-112(92)122-113)103-51-25-16-40-85(103)76-58-63-99-94(69-76)87-42-14-23-49-97(87)116(99,80-35-9-3-10-36-80)81-37-11-4-12-38-81/h1-73H/i17D,18D,19D,20D,26D,27D,28D,29D,43D,44D,45D,46D,52D,53D,54D,55D. The molecular formula is C116H73BN4O. The Balaban J connectivity index is 0.804. The van der Waals surface area contributed by atoms with Crippen LogP contribution in [0.15, 0.2) is 447 Å². The third-order valence-corrected chi connectivity index (χ3v) is 26.2. The van der Waals surface area contributed by atoms with Gasteiger partial charge in [-0.3, -0.25) is 0 Å². The minimum absolute atomic E-state index is 0.0673. The normalized spacial score (nSPS) is 15.5. The largest absolute Gasteiger partial charge is 0.456 e. The smallest absolute Gasteiger partial charge is 0.252 e. The Morgan fingerprint density at radius 2 is 0.598 bits per heavy atom. The minimum Gasteiger partial charge on any atom is -0.456 e. The second-order valence-electron chi connectivity index (χ2n) is 32.0. The highest BCUT2D eigenvalue weighted by atomic mass is 16.3. The van der Waals surface area contributed by atoms with E-state index in [4.69, 9.17) is 4.42 Å². The van der Waals surface area contributed by atoms with E-state index in [1.807, 2.05) is 109 Å². The second-order valence-corrected chi connectivity index (χ2v) is 32.0. The van der Waals surface area contributed by atoms with E-state index in [1.165, 1.54) is 0 Å². The van der Waals surface area contributed by atoms with E-state index >= 15 is 0 Å². The summed E-state index contributed by atoms with van der Waals surface area (Å²) in [6, 6.07) is 112. The molecular weight excluding hydrogens is 1480 g/mol. The maximum atomic E-state index is 9.98. The van der Waals surface area contributed by atoms with Gasteiger partial charge in [-0.05, 0) is 208 Å². The maximum absolute atomic E-state index is 9.98. The summed E-state index contributed by atoms with van der Waals surface area (Å²) in [7, 11) is 0. The Morgan fingerprint density at radius 3 is 1.04 bits per heavy atom. The summed E-state index contributed by atoms with van der Waals surface area (Å²) in [6.45, 7) is -0.814. The number of benzene rings is 19. The van der Waals surface area contributed by atoms with Crippen LogP contribution in [0.2, 0.25) is 0 Å². The van der Waals surface area contributed by atoms with Crippen molar-refractivity contribution >= 4 is 123 Å². The van der Waals surface area contributed by atoms with Crippen LogP contribution in [-0.2, 0) is 10.8 Å². The minimum atomic E-state index is -0.814. The zero-order chi connectivity index (χ0) is 93.8. The van der Waals surface area contributed by atoms with Crippen molar-refractivity contribution in [3.63, 3.8) is 0 Å². The first-order valence-corrected chi connectivity index (χ1v) is 41.1. The molecule has 19 aromatic carbocycles. The Kier molecular flexibility index (Phi) is 11.7. The van der Waals surface area contributed by atoms with Gasteiger partial charge in [-0.1, -0.05) is 339 Å². The van der Waals surface area contributed by atoms with Gasteiger partial charge in [0.05, 0.1) is 66.2 Å². The van der Waals surface area contributed by atoms with Crippen LogP contribution < -0.4 is 26.2 Å². The molecule has 5 heterocycles. The molecule has 0 amide bonds. The Labute approximate surface area is 729 Å². The van der Waals surface area contributed by atoms with Crippen LogP contribution >= 0.6 is 0 Å².